The van der Waals surface area contributed by atoms with Crippen molar-refractivity contribution in [3.8, 4) is 0 Å². The summed E-state index contributed by atoms with van der Waals surface area (Å²) >= 11 is 6.29. The molecule has 0 saturated carbocycles. The van der Waals surface area contributed by atoms with Gasteiger partial charge < -0.3 is 5.32 Å². The Morgan fingerprint density at radius 3 is 2.07 bits per heavy atom. The molecular weight excluding hydrogens is 396 g/mol. The molecule has 0 aromatic heterocycles. The number of hydrogen-bond acceptors (Lipinski definition) is 3. The molecule has 0 spiro atoms. The van der Waals surface area contributed by atoms with E-state index in [1.54, 1.807) is 13.8 Å². The number of nitrogens with zero attached hydrogens (tertiary/aromatic N) is 1. The van der Waals surface area contributed by atoms with Gasteiger partial charge in [0, 0.05) is 29.4 Å². The molecule has 0 fully saturated rings. The quantitative estimate of drug-likeness (QED) is 0.667. The summed E-state index contributed by atoms with van der Waals surface area (Å²) in [5.41, 5.74) is 3.04. The van der Waals surface area contributed by atoms with Crippen molar-refractivity contribution in [2.45, 2.75) is 45.4 Å². The van der Waals surface area contributed by atoms with E-state index in [-0.39, 0.29) is 10.8 Å². The molecule has 0 unspecified atom stereocenters. The van der Waals surface area contributed by atoms with Crippen LogP contribution < -0.4 is 5.32 Å². The van der Waals surface area contributed by atoms with Crippen LogP contribution in [0.5, 0.6) is 0 Å². The average molecular weight is 423 g/mol. The van der Waals surface area contributed by atoms with E-state index < -0.39 is 10.0 Å². The van der Waals surface area contributed by atoms with E-state index in [9.17, 15) is 13.2 Å². The molecule has 0 radical (unpaired) electrons. The number of nitrogens with one attached hydrogen (secondary N) is 1. The normalized spacial score (nSPS) is 11.6. The Hall–Kier alpha value is -1.89. The van der Waals surface area contributed by atoms with Crippen molar-refractivity contribution in [2.24, 2.45) is 0 Å². The van der Waals surface area contributed by atoms with E-state index in [1.165, 1.54) is 28.6 Å². The topological polar surface area (TPSA) is 66.5 Å². The fourth-order valence-electron chi connectivity index (χ4n) is 3.14. The molecule has 0 atom stereocenters. The maximum Gasteiger partial charge on any atom is 0.255 e. The van der Waals surface area contributed by atoms with E-state index in [0.29, 0.717) is 30.1 Å². The first-order valence-corrected chi connectivity index (χ1v) is 11.3. The zero-order valence-corrected chi connectivity index (χ0v) is 18.3. The van der Waals surface area contributed by atoms with Gasteiger partial charge in [0.2, 0.25) is 10.0 Å². The Morgan fingerprint density at radius 1 is 0.964 bits per heavy atom. The molecule has 1 N–H and O–H groups in total. The van der Waals surface area contributed by atoms with Gasteiger partial charge in [-0.15, -0.1) is 0 Å². The minimum atomic E-state index is -3.55. The van der Waals surface area contributed by atoms with Crippen molar-refractivity contribution in [1.82, 2.24) is 4.31 Å². The van der Waals surface area contributed by atoms with Crippen molar-refractivity contribution >= 4 is 33.2 Å². The molecule has 2 rings (SSSR count). The number of carbonyl (C=O) groups excluding carboxylic acids is 1. The van der Waals surface area contributed by atoms with Gasteiger partial charge in [-0.05, 0) is 54.3 Å². The van der Waals surface area contributed by atoms with Gasteiger partial charge in [-0.25, -0.2) is 8.42 Å². The lowest BCUT2D eigenvalue weighted by molar-refractivity contribution is 0.102. The SMILES string of the molecule is CCc1ccc(Cl)c(CC)c1NC(=O)c1ccc(S(=O)(=O)N(CC)CC)cc1. The summed E-state index contributed by atoms with van der Waals surface area (Å²) in [5, 5.41) is 3.58. The maximum absolute atomic E-state index is 12.8. The van der Waals surface area contributed by atoms with Crippen molar-refractivity contribution in [3.63, 3.8) is 0 Å². The number of carbonyl (C=O) groups is 1. The van der Waals surface area contributed by atoms with E-state index in [1.807, 2.05) is 26.0 Å². The predicted octanol–water partition coefficient (Wildman–Crippen LogP) is 4.75. The second-order valence-corrected chi connectivity index (χ2v) is 8.68. The van der Waals surface area contributed by atoms with Crippen LogP contribution in [0.15, 0.2) is 41.3 Å². The lowest BCUT2D eigenvalue weighted by Crippen LogP contribution is -2.30. The van der Waals surface area contributed by atoms with Crippen LogP contribution in [-0.4, -0.2) is 31.7 Å². The molecule has 0 bridgehead atoms. The zero-order valence-electron chi connectivity index (χ0n) is 16.8. The van der Waals surface area contributed by atoms with Gasteiger partial charge >= 0.3 is 0 Å². The van der Waals surface area contributed by atoms with Crippen molar-refractivity contribution in [2.75, 3.05) is 18.4 Å². The van der Waals surface area contributed by atoms with Crippen LogP contribution in [0.3, 0.4) is 0 Å². The van der Waals surface area contributed by atoms with E-state index in [4.69, 9.17) is 11.6 Å². The Labute approximate surface area is 172 Å². The van der Waals surface area contributed by atoms with Crippen LogP contribution in [0.4, 0.5) is 5.69 Å². The predicted molar refractivity (Wildman–Crippen MR) is 115 cm³/mol. The van der Waals surface area contributed by atoms with Crippen LogP contribution >= 0.6 is 11.6 Å². The number of sulfonamides is 1. The van der Waals surface area contributed by atoms with Gasteiger partial charge in [-0.2, -0.15) is 4.31 Å². The lowest BCUT2D eigenvalue weighted by Gasteiger charge is -2.19. The summed E-state index contributed by atoms with van der Waals surface area (Å²) in [5.74, 6) is -0.293. The first-order chi connectivity index (χ1) is 13.3. The largest absolute Gasteiger partial charge is 0.321 e. The number of benzene rings is 2. The number of anilines is 1. The third-order valence-electron chi connectivity index (χ3n) is 4.77. The highest BCUT2D eigenvalue weighted by molar-refractivity contribution is 7.89. The highest BCUT2D eigenvalue weighted by atomic mass is 35.5. The molecule has 0 saturated heterocycles. The van der Waals surface area contributed by atoms with E-state index in [2.05, 4.69) is 5.32 Å². The highest BCUT2D eigenvalue weighted by Crippen LogP contribution is 2.30. The Morgan fingerprint density at radius 2 is 1.57 bits per heavy atom. The van der Waals surface area contributed by atoms with Gasteiger partial charge in [0.15, 0.2) is 0 Å². The number of rotatable bonds is 8. The molecule has 0 heterocycles. The third-order valence-corrected chi connectivity index (χ3v) is 7.19. The minimum Gasteiger partial charge on any atom is -0.321 e. The van der Waals surface area contributed by atoms with Crippen LogP contribution in [0.2, 0.25) is 5.02 Å². The fraction of sp³-hybridized carbons (Fsp3) is 0.381. The van der Waals surface area contributed by atoms with Gasteiger partial charge in [0.1, 0.15) is 0 Å². The third kappa shape index (κ3) is 4.57. The molecule has 2 aromatic carbocycles. The Kier molecular flexibility index (Phi) is 7.63. The fourth-order valence-corrected chi connectivity index (χ4v) is 4.89. The molecule has 1 amide bonds. The first-order valence-electron chi connectivity index (χ1n) is 9.51. The van der Waals surface area contributed by atoms with E-state index >= 15 is 0 Å². The number of aryl methyl sites for hydroxylation is 1. The molecule has 28 heavy (non-hydrogen) atoms. The lowest BCUT2D eigenvalue weighted by atomic mass is 10.0. The number of halogens is 1. The molecule has 0 aliphatic carbocycles. The van der Waals surface area contributed by atoms with Gasteiger partial charge in [0.05, 0.1) is 4.90 Å². The summed E-state index contributed by atoms with van der Waals surface area (Å²) in [6.07, 6.45) is 1.46. The average Bonchev–Trinajstić information content (AvgIpc) is 2.69. The standard InChI is InChI=1S/C21H27ClN2O3S/c1-5-15-11-14-19(22)18(6-2)20(15)23-21(25)16-9-12-17(13-10-16)28(26,27)24(7-3)8-4/h9-14H,5-8H2,1-4H3,(H,23,25). The van der Waals surface area contributed by atoms with Crippen molar-refractivity contribution in [1.29, 1.82) is 0 Å². The summed E-state index contributed by atoms with van der Waals surface area (Å²) in [6.45, 7) is 8.40. The summed E-state index contributed by atoms with van der Waals surface area (Å²) in [6, 6.07) is 9.78. The number of hydrogen-bond donors (Lipinski definition) is 1. The second kappa shape index (κ2) is 9.54. The molecule has 0 aliphatic heterocycles. The maximum atomic E-state index is 12.8. The smallest absolute Gasteiger partial charge is 0.255 e. The van der Waals surface area contributed by atoms with Crippen LogP contribution in [0.25, 0.3) is 0 Å². The van der Waals surface area contributed by atoms with Gasteiger partial charge in [0.25, 0.3) is 5.91 Å². The van der Waals surface area contributed by atoms with Crippen molar-refractivity contribution < 1.29 is 13.2 Å². The number of amides is 1. The molecule has 7 heteroatoms. The zero-order chi connectivity index (χ0) is 20.9. The molecular formula is C21H27ClN2O3S. The molecule has 0 aliphatic rings. The van der Waals surface area contributed by atoms with Crippen molar-refractivity contribution in [3.05, 3.63) is 58.1 Å². The summed E-state index contributed by atoms with van der Waals surface area (Å²) < 4.78 is 26.5. The summed E-state index contributed by atoms with van der Waals surface area (Å²) in [7, 11) is -3.55. The molecule has 5 nitrogen and oxygen atoms in total. The monoisotopic (exact) mass is 422 g/mol. The Bertz CT molecular complexity index is 937. The first kappa shape index (κ1) is 22.4. The second-order valence-electron chi connectivity index (χ2n) is 6.33. The van der Waals surface area contributed by atoms with E-state index in [0.717, 1.165) is 23.2 Å². The molecule has 2 aromatic rings. The van der Waals surface area contributed by atoms with Crippen LogP contribution in [0.1, 0.15) is 49.2 Å². The van der Waals surface area contributed by atoms with Crippen LogP contribution in [-0.2, 0) is 22.9 Å². The molecule has 152 valence electrons. The Balaban J connectivity index is 2.32. The summed E-state index contributed by atoms with van der Waals surface area (Å²) in [4.78, 5) is 12.9. The highest BCUT2D eigenvalue weighted by Gasteiger charge is 2.22. The minimum absolute atomic E-state index is 0.180. The van der Waals surface area contributed by atoms with Gasteiger partial charge in [-0.1, -0.05) is 45.4 Å². The van der Waals surface area contributed by atoms with Gasteiger partial charge in [-0.3, -0.25) is 4.79 Å². The van der Waals surface area contributed by atoms with Crippen LogP contribution in [0, 0.1) is 0 Å².